The SMILES string of the molecule is Fc1nc2cccc(C(F)F)c2o1. The van der Waals surface area contributed by atoms with Crippen molar-refractivity contribution in [3.63, 3.8) is 0 Å². The largest absolute Gasteiger partial charge is 0.414 e. The Morgan fingerprint density at radius 3 is 2.77 bits per heavy atom. The Balaban J connectivity index is 2.75. The maximum atomic E-state index is 12.4. The zero-order chi connectivity index (χ0) is 9.42. The first-order valence-corrected chi connectivity index (χ1v) is 3.51. The molecule has 0 radical (unpaired) electrons. The molecule has 1 heterocycles. The van der Waals surface area contributed by atoms with E-state index in [1.807, 2.05) is 0 Å². The number of fused-ring (bicyclic) bond motifs is 1. The fourth-order valence-electron chi connectivity index (χ4n) is 1.12. The lowest BCUT2D eigenvalue weighted by Gasteiger charge is -1.97. The van der Waals surface area contributed by atoms with E-state index in [4.69, 9.17) is 0 Å². The quantitative estimate of drug-likeness (QED) is 0.685. The summed E-state index contributed by atoms with van der Waals surface area (Å²) >= 11 is 0. The van der Waals surface area contributed by atoms with Gasteiger partial charge in [0, 0.05) is 0 Å². The summed E-state index contributed by atoms with van der Waals surface area (Å²) in [6.07, 6.45) is -3.78. The highest BCUT2D eigenvalue weighted by molar-refractivity contribution is 5.76. The van der Waals surface area contributed by atoms with Crippen LogP contribution in [0.15, 0.2) is 22.6 Å². The van der Waals surface area contributed by atoms with Gasteiger partial charge in [-0.15, -0.1) is 4.39 Å². The number of oxazole rings is 1. The molecule has 0 aliphatic heterocycles. The predicted molar refractivity (Wildman–Crippen MR) is 38.9 cm³/mol. The van der Waals surface area contributed by atoms with Gasteiger partial charge in [0.1, 0.15) is 5.52 Å². The molecular weight excluding hydrogens is 183 g/mol. The highest BCUT2D eigenvalue weighted by atomic mass is 19.3. The van der Waals surface area contributed by atoms with Gasteiger partial charge in [0.05, 0.1) is 5.56 Å². The Hall–Kier alpha value is -1.52. The summed E-state index contributed by atoms with van der Waals surface area (Å²) in [4.78, 5) is 3.29. The van der Waals surface area contributed by atoms with E-state index in [0.717, 1.165) is 0 Å². The van der Waals surface area contributed by atoms with Crippen LogP contribution in [0.25, 0.3) is 11.1 Å². The van der Waals surface area contributed by atoms with E-state index < -0.39 is 12.6 Å². The minimum atomic E-state index is -2.68. The molecule has 2 nitrogen and oxygen atoms in total. The third-order valence-corrected chi connectivity index (χ3v) is 1.65. The third kappa shape index (κ3) is 1.26. The summed E-state index contributed by atoms with van der Waals surface area (Å²) in [5.41, 5.74) is -0.417. The zero-order valence-corrected chi connectivity index (χ0v) is 6.30. The van der Waals surface area contributed by atoms with Gasteiger partial charge < -0.3 is 4.42 Å². The molecule has 0 aliphatic carbocycles. The predicted octanol–water partition coefficient (Wildman–Crippen LogP) is 2.90. The first-order valence-electron chi connectivity index (χ1n) is 3.51. The number of aromatic nitrogens is 1. The van der Waals surface area contributed by atoms with E-state index >= 15 is 0 Å². The van der Waals surface area contributed by atoms with Crippen molar-refractivity contribution < 1.29 is 17.6 Å². The van der Waals surface area contributed by atoms with Gasteiger partial charge >= 0.3 is 6.14 Å². The summed E-state index contributed by atoms with van der Waals surface area (Å²) < 4.78 is 41.4. The Kier molecular flexibility index (Phi) is 1.72. The first kappa shape index (κ1) is 8.10. The van der Waals surface area contributed by atoms with Crippen LogP contribution in [0.1, 0.15) is 12.0 Å². The lowest BCUT2D eigenvalue weighted by atomic mass is 10.2. The van der Waals surface area contributed by atoms with E-state index in [-0.39, 0.29) is 16.7 Å². The van der Waals surface area contributed by atoms with Crippen molar-refractivity contribution in [2.75, 3.05) is 0 Å². The molecule has 0 saturated heterocycles. The van der Waals surface area contributed by atoms with Crippen LogP contribution in [0.2, 0.25) is 0 Å². The van der Waals surface area contributed by atoms with Crippen LogP contribution in [0.5, 0.6) is 0 Å². The molecule has 1 aromatic carbocycles. The van der Waals surface area contributed by atoms with Crippen molar-refractivity contribution in [2.45, 2.75) is 6.43 Å². The second-order valence-corrected chi connectivity index (χ2v) is 2.46. The van der Waals surface area contributed by atoms with Gasteiger partial charge in [-0.25, -0.2) is 8.78 Å². The second kappa shape index (κ2) is 2.76. The zero-order valence-electron chi connectivity index (χ0n) is 6.30. The molecule has 0 N–H and O–H groups in total. The lowest BCUT2D eigenvalue weighted by molar-refractivity contribution is 0.151. The number of halogens is 3. The minimum Gasteiger partial charge on any atom is -0.414 e. The molecule has 2 aromatic rings. The fraction of sp³-hybridized carbons (Fsp3) is 0.125. The van der Waals surface area contributed by atoms with Crippen molar-refractivity contribution in [2.24, 2.45) is 0 Å². The van der Waals surface area contributed by atoms with Crippen LogP contribution in [0, 0.1) is 6.14 Å². The van der Waals surface area contributed by atoms with Crippen LogP contribution < -0.4 is 0 Å². The molecule has 0 atom stereocenters. The van der Waals surface area contributed by atoms with Gasteiger partial charge in [-0.3, -0.25) is 0 Å². The number of para-hydroxylation sites is 1. The average molecular weight is 187 g/mol. The topological polar surface area (TPSA) is 26.0 Å². The van der Waals surface area contributed by atoms with Crippen LogP contribution in [-0.4, -0.2) is 4.98 Å². The molecule has 0 saturated carbocycles. The van der Waals surface area contributed by atoms with Crippen LogP contribution in [0.3, 0.4) is 0 Å². The second-order valence-electron chi connectivity index (χ2n) is 2.46. The monoisotopic (exact) mass is 187 g/mol. The Bertz CT molecular complexity index is 438. The van der Waals surface area contributed by atoms with Gasteiger partial charge in [-0.05, 0) is 12.1 Å². The maximum Gasteiger partial charge on any atom is 0.382 e. The highest BCUT2D eigenvalue weighted by Crippen LogP contribution is 2.27. The van der Waals surface area contributed by atoms with Crippen molar-refractivity contribution in [1.82, 2.24) is 4.98 Å². The van der Waals surface area contributed by atoms with E-state index in [1.165, 1.54) is 18.2 Å². The minimum absolute atomic E-state index is 0.107. The van der Waals surface area contributed by atoms with Crippen LogP contribution >= 0.6 is 0 Å². The number of rotatable bonds is 1. The summed E-state index contributed by atoms with van der Waals surface area (Å²) in [6, 6.07) is 3.97. The molecular formula is C8H4F3NO. The van der Waals surface area contributed by atoms with Crippen molar-refractivity contribution in [1.29, 1.82) is 0 Å². The summed E-state index contributed by atoms with van der Waals surface area (Å²) in [7, 11) is 0. The maximum absolute atomic E-state index is 12.4. The van der Waals surface area contributed by atoms with Gasteiger partial charge in [0.2, 0.25) is 0 Å². The first-order chi connectivity index (χ1) is 6.18. The molecule has 0 fully saturated rings. The van der Waals surface area contributed by atoms with E-state index in [9.17, 15) is 13.2 Å². The van der Waals surface area contributed by atoms with Crippen molar-refractivity contribution >= 4 is 11.1 Å². The molecule has 2 rings (SSSR count). The van der Waals surface area contributed by atoms with Crippen molar-refractivity contribution in [3.05, 3.63) is 29.9 Å². The average Bonchev–Trinajstić information content (AvgIpc) is 2.43. The number of hydrogen-bond acceptors (Lipinski definition) is 2. The summed E-state index contributed by atoms with van der Waals surface area (Å²) in [5.74, 6) is 0. The fourth-order valence-corrected chi connectivity index (χ4v) is 1.12. The van der Waals surface area contributed by atoms with E-state index in [1.54, 1.807) is 0 Å². The van der Waals surface area contributed by atoms with Crippen LogP contribution in [-0.2, 0) is 0 Å². The third-order valence-electron chi connectivity index (χ3n) is 1.65. The molecule has 68 valence electrons. The molecule has 0 bridgehead atoms. The Labute approximate surface area is 71.0 Å². The molecule has 5 heteroatoms. The van der Waals surface area contributed by atoms with E-state index in [2.05, 4.69) is 9.40 Å². The highest BCUT2D eigenvalue weighted by Gasteiger charge is 2.15. The smallest absolute Gasteiger partial charge is 0.382 e. The molecule has 0 aliphatic rings. The van der Waals surface area contributed by atoms with Gasteiger partial charge in [0.15, 0.2) is 5.58 Å². The normalized spacial score (nSPS) is 11.4. The summed E-state index contributed by atoms with van der Waals surface area (Å²) in [6.45, 7) is 0. The van der Waals surface area contributed by atoms with Crippen molar-refractivity contribution in [3.8, 4) is 0 Å². The van der Waals surface area contributed by atoms with Gasteiger partial charge in [0.25, 0.3) is 6.43 Å². The number of hydrogen-bond donors (Lipinski definition) is 0. The number of nitrogens with zero attached hydrogens (tertiary/aromatic N) is 1. The molecule has 1 aromatic heterocycles. The molecule has 0 unspecified atom stereocenters. The van der Waals surface area contributed by atoms with E-state index in [0.29, 0.717) is 0 Å². The Morgan fingerprint density at radius 2 is 2.08 bits per heavy atom. The molecule has 13 heavy (non-hydrogen) atoms. The standard InChI is InChI=1S/C8H4F3NO/c9-7(10)4-2-1-3-5-6(4)13-8(11)12-5/h1-3,7H. The van der Waals surface area contributed by atoms with Gasteiger partial charge in [-0.2, -0.15) is 4.98 Å². The summed E-state index contributed by atoms with van der Waals surface area (Å²) in [5, 5.41) is 0. The number of alkyl halides is 2. The van der Waals surface area contributed by atoms with Crippen LogP contribution in [0.4, 0.5) is 13.2 Å². The Morgan fingerprint density at radius 1 is 1.31 bits per heavy atom. The van der Waals surface area contributed by atoms with Gasteiger partial charge in [-0.1, -0.05) is 6.07 Å². The molecule has 0 amide bonds. The molecule has 0 spiro atoms. The number of benzene rings is 1. The lowest BCUT2D eigenvalue weighted by Crippen LogP contribution is -1.83.